The molecule has 0 aliphatic carbocycles. The van der Waals surface area contributed by atoms with Crippen LogP contribution >= 0.6 is 0 Å². The first-order valence-corrected chi connectivity index (χ1v) is 8.75. The average Bonchev–Trinajstić information content (AvgIpc) is 2.69. The van der Waals surface area contributed by atoms with Gasteiger partial charge in [0.05, 0.1) is 0 Å². The van der Waals surface area contributed by atoms with Gasteiger partial charge >= 0.3 is 5.97 Å². The van der Waals surface area contributed by atoms with Gasteiger partial charge in [-0.25, -0.2) is 19.7 Å². The van der Waals surface area contributed by atoms with Gasteiger partial charge in [-0.15, -0.1) is 0 Å². The van der Waals surface area contributed by atoms with Crippen LogP contribution in [0.15, 0.2) is 36.8 Å². The molecule has 7 heteroatoms. The van der Waals surface area contributed by atoms with E-state index in [0.717, 1.165) is 33.8 Å². The van der Waals surface area contributed by atoms with E-state index in [1.165, 1.54) is 0 Å². The fourth-order valence-electron chi connectivity index (χ4n) is 3.41. The summed E-state index contributed by atoms with van der Waals surface area (Å²) in [5.41, 5.74) is 4.83. The molecule has 4 heterocycles. The number of anilines is 1. The lowest BCUT2D eigenvalue weighted by molar-refractivity contribution is 0.0689. The Morgan fingerprint density at radius 3 is 2.63 bits per heavy atom. The van der Waals surface area contributed by atoms with Crippen molar-refractivity contribution in [1.29, 1.82) is 0 Å². The second kappa shape index (κ2) is 6.75. The van der Waals surface area contributed by atoms with Gasteiger partial charge in [-0.3, -0.25) is 4.98 Å². The average molecular weight is 361 g/mol. The van der Waals surface area contributed by atoms with E-state index in [-0.39, 0.29) is 5.69 Å². The number of aryl methyl sites for hydroxylation is 1. The summed E-state index contributed by atoms with van der Waals surface area (Å²) in [4.78, 5) is 31.1. The lowest BCUT2D eigenvalue weighted by Gasteiger charge is -2.31. The zero-order chi connectivity index (χ0) is 19.0. The molecular weight excluding hydrogens is 342 g/mol. The Balaban J connectivity index is 1.73. The molecule has 0 fully saturated rings. The van der Waals surface area contributed by atoms with Crippen molar-refractivity contribution in [2.24, 2.45) is 0 Å². The van der Waals surface area contributed by atoms with Gasteiger partial charge in [-0.05, 0) is 49.6 Å². The highest BCUT2D eigenvalue weighted by molar-refractivity contribution is 5.87. The van der Waals surface area contributed by atoms with Gasteiger partial charge in [0.15, 0.2) is 11.5 Å². The number of carboxylic acids is 1. The number of hydrogen-bond acceptors (Lipinski definition) is 6. The highest BCUT2D eigenvalue weighted by Gasteiger charge is 2.25. The van der Waals surface area contributed by atoms with E-state index in [4.69, 9.17) is 4.98 Å². The molecule has 0 radical (unpaired) electrons. The molecule has 1 N–H and O–H groups in total. The maximum atomic E-state index is 11.4. The minimum absolute atomic E-state index is 0.153. The molecule has 0 amide bonds. The lowest BCUT2D eigenvalue weighted by atomic mass is 9.98. The summed E-state index contributed by atoms with van der Waals surface area (Å²) in [6.45, 7) is 5.29. The van der Waals surface area contributed by atoms with Crippen molar-refractivity contribution in [2.75, 3.05) is 11.4 Å². The number of pyridine rings is 2. The number of hydrogen-bond donors (Lipinski definition) is 1. The maximum Gasteiger partial charge on any atom is 0.354 e. The molecule has 0 atom stereocenters. The molecular formula is C20H19N5O2. The van der Waals surface area contributed by atoms with Gasteiger partial charge in [0.2, 0.25) is 0 Å². The van der Waals surface area contributed by atoms with Crippen molar-refractivity contribution >= 4 is 11.8 Å². The number of aromatic nitrogens is 4. The number of rotatable bonds is 3. The van der Waals surface area contributed by atoms with Crippen molar-refractivity contribution in [1.82, 2.24) is 19.9 Å². The minimum Gasteiger partial charge on any atom is -0.477 e. The summed E-state index contributed by atoms with van der Waals surface area (Å²) in [7, 11) is 0. The Morgan fingerprint density at radius 2 is 1.89 bits per heavy atom. The molecule has 0 spiro atoms. The molecule has 0 bridgehead atoms. The first kappa shape index (κ1) is 17.1. The van der Waals surface area contributed by atoms with Crippen molar-refractivity contribution in [3.63, 3.8) is 0 Å². The third-order valence-corrected chi connectivity index (χ3v) is 4.95. The number of fused-ring (bicyclic) bond motifs is 1. The summed E-state index contributed by atoms with van der Waals surface area (Å²) in [6, 6.07) is 5.68. The molecule has 4 rings (SSSR count). The number of carbonyl (C=O) groups is 1. The monoisotopic (exact) mass is 361 g/mol. The van der Waals surface area contributed by atoms with Crippen molar-refractivity contribution in [3.8, 4) is 11.4 Å². The molecule has 0 unspecified atom stereocenters. The molecule has 27 heavy (non-hydrogen) atoms. The third-order valence-electron chi connectivity index (χ3n) is 4.95. The van der Waals surface area contributed by atoms with Crippen molar-refractivity contribution < 1.29 is 9.90 Å². The van der Waals surface area contributed by atoms with Crippen LogP contribution in [0.5, 0.6) is 0 Å². The van der Waals surface area contributed by atoms with Crippen LogP contribution in [0.1, 0.15) is 32.9 Å². The largest absolute Gasteiger partial charge is 0.477 e. The number of aromatic carboxylic acids is 1. The number of nitrogens with zero attached hydrogens (tertiary/aromatic N) is 5. The van der Waals surface area contributed by atoms with E-state index in [1.54, 1.807) is 18.6 Å². The van der Waals surface area contributed by atoms with Crippen molar-refractivity contribution in [3.05, 3.63) is 64.9 Å². The Morgan fingerprint density at radius 1 is 1.11 bits per heavy atom. The molecule has 3 aromatic heterocycles. The first-order valence-electron chi connectivity index (χ1n) is 8.75. The highest BCUT2D eigenvalue weighted by Crippen LogP contribution is 2.29. The van der Waals surface area contributed by atoms with Crippen molar-refractivity contribution in [2.45, 2.75) is 26.8 Å². The Labute approximate surface area is 156 Å². The normalized spacial score (nSPS) is 13.3. The van der Waals surface area contributed by atoms with Crippen LogP contribution in [0.4, 0.5) is 5.82 Å². The van der Waals surface area contributed by atoms with Crippen LogP contribution in [-0.4, -0.2) is 37.6 Å². The van der Waals surface area contributed by atoms with Crippen LogP contribution in [-0.2, 0) is 13.0 Å². The fourth-order valence-corrected chi connectivity index (χ4v) is 3.41. The van der Waals surface area contributed by atoms with Gasteiger partial charge in [0, 0.05) is 48.5 Å². The summed E-state index contributed by atoms with van der Waals surface area (Å²) < 4.78 is 0. The maximum absolute atomic E-state index is 11.4. The van der Waals surface area contributed by atoms with Crippen LogP contribution in [0, 0.1) is 13.8 Å². The zero-order valence-corrected chi connectivity index (χ0v) is 15.2. The predicted molar refractivity (Wildman–Crippen MR) is 101 cm³/mol. The van der Waals surface area contributed by atoms with E-state index in [1.807, 2.05) is 32.0 Å². The molecule has 0 aromatic carbocycles. The van der Waals surface area contributed by atoms with Crippen LogP contribution < -0.4 is 4.90 Å². The molecule has 3 aromatic rings. The van der Waals surface area contributed by atoms with E-state index >= 15 is 0 Å². The molecule has 136 valence electrons. The highest BCUT2D eigenvalue weighted by atomic mass is 16.4. The molecule has 1 aliphatic rings. The summed E-state index contributed by atoms with van der Waals surface area (Å²) in [5, 5.41) is 9.36. The summed E-state index contributed by atoms with van der Waals surface area (Å²) >= 11 is 0. The Hall–Kier alpha value is -3.35. The van der Waals surface area contributed by atoms with Gasteiger partial charge in [0.25, 0.3) is 0 Å². The van der Waals surface area contributed by atoms with Gasteiger partial charge < -0.3 is 10.0 Å². The Kier molecular flexibility index (Phi) is 4.27. The molecule has 1 aliphatic heterocycles. The minimum atomic E-state index is -0.977. The second-order valence-corrected chi connectivity index (χ2v) is 6.59. The fraction of sp³-hybridized carbons (Fsp3) is 0.250. The standard InChI is InChI=1S/C20H19N5O2/c1-12-13(2)23-18(14-3-7-21-8-4-14)24-19(12)25-10-6-16-15(11-25)5-9-22-17(16)20(26)27/h3-5,7-9H,6,10-11H2,1-2H3,(H,26,27). The van der Waals surface area contributed by atoms with Gasteiger partial charge in [-0.2, -0.15) is 0 Å². The van der Waals surface area contributed by atoms with Crippen LogP contribution in [0.3, 0.4) is 0 Å². The predicted octanol–water partition coefficient (Wildman–Crippen LogP) is 2.81. The zero-order valence-electron chi connectivity index (χ0n) is 15.2. The third kappa shape index (κ3) is 3.12. The first-order chi connectivity index (χ1) is 13.0. The molecule has 0 saturated heterocycles. The number of carboxylic acid groups (broad SMARTS) is 1. The lowest BCUT2D eigenvalue weighted by Crippen LogP contribution is -2.33. The van der Waals surface area contributed by atoms with Crippen LogP contribution in [0.25, 0.3) is 11.4 Å². The van der Waals surface area contributed by atoms with E-state index in [0.29, 0.717) is 25.3 Å². The topological polar surface area (TPSA) is 92.1 Å². The van der Waals surface area contributed by atoms with E-state index in [9.17, 15) is 9.90 Å². The van der Waals surface area contributed by atoms with E-state index in [2.05, 4.69) is 19.9 Å². The van der Waals surface area contributed by atoms with Gasteiger partial charge in [0.1, 0.15) is 5.82 Å². The van der Waals surface area contributed by atoms with E-state index < -0.39 is 5.97 Å². The van der Waals surface area contributed by atoms with Gasteiger partial charge in [-0.1, -0.05) is 0 Å². The Bertz CT molecular complexity index is 1020. The smallest absolute Gasteiger partial charge is 0.354 e. The molecule has 0 saturated carbocycles. The second-order valence-electron chi connectivity index (χ2n) is 6.59. The van der Waals surface area contributed by atoms with Crippen LogP contribution in [0.2, 0.25) is 0 Å². The molecule has 7 nitrogen and oxygen atoms in total. The SMILES string of the molecule is Cc1nc(-c2ccncc2)nc(N2CCc3c(ccnc3C(=O)O)C2)c1C. The quantitative estimate of drug-likeness (QED) is 0.767. The summed E-state index contributed by atoms with van der Waals surface area (Å²) in [5.74, 6) is 0.574. The summed E-state index contributed by atoms with van der Waals surface area (Å²) in [6.07, 6.45) is 5.64.